The normalized spacial score (nSPS) is 13.8. The van der Waals surface area contributed by atoms with Gasteiger partial charge in [-0.2, -0.15) is 12.6 Å². The van der Waals surface area contributed by atoms with Crippen molar-refractivity contribution in [1.82, 2.24) is 15.0 Å². The van der Waals surface area contributed by atoms with Crippen molar-refractivity contribution in [2.75, 3.05) is 5.73 Å². The van der Waals surface area contributed by atoms with Gasteiger partial charge in [-0.1, -0.05) is 0 Å². The van der Waals surface area contributed by atoms with Crippen LogP contribution in [-0.2, 0) is 0 Å². The van der Waals surface area contributed by atoms with Crippen LogP contribution in [0.5, 0.6) is 0 Å². The van der Waals surface area contributed by atoms with Gasteiger partial charge in [0.15, 0.2) is 0 Å². The Morgan fingerprint density at radius 1 is 1.29 bits per heavy atom. The molecule has 0 amide bonds. The molecule has 0 spiro atoms. The number of aryl methyl sites for hydroxylation is 1. The number of rotatable bonds is 1. The molecule has 1 aliphatic carbocycles. The minimum absolute atomic E-state index is 0.520. The third-order valence-electron chi connectivity index (χ3n) is 3.43. The first-order chi connectivity index (χ1) is 10.1. The fourth-order valence-corrected chi connectivity index (χ4v) is 2.26. The number of H-pyrrole nitrogens is 1. The third kappa shape index (κ3) is 3.19. The van der Waals surface area contributed by atoms with E-state index in [1.165, 1.54) is 12.8 Å². The molecule has 0 aromatic carbocycles. The molecule has 108 valence electrons. The zero-order valence-electron chi connectivity index (χ0n) is 11.9. The average Bonchev–Trinajstić information content (AvgIpc) is 3.08. The summed E-state index contributed by atoms with van der Waals surface area (Å²) in [5.74, 6) is 0.520. The number of nitrogen functional groups attached to an aromatic ring is 1. The van der Waals surface area contributed by atoms with Crippen molar-refractivity contribution in [2.45, 2.75) is 25.0 Å². The van der Waals surface area contributed by atoms with Gasteiger partial charge in [0.1, 0.15) is 5.82 Å². The first-order valence-corrected chi connectivity index (χ1v) is 7.49. The van der Waals surface area contributed by atoms with E-state index >= 15 is 0 Å². The van der Waals surface area contributed by atoms with E-state index in [1.54, 1.807) is 6.20 Å². The van der Waals surface area contributed by atoms with Crippen molar-refractivity contribution in [1.29, 1.82) is 0 Å². The van der Waals surface area contributed by atoms with E-state index in [0.29, 0.717) is 5.82 Å². The first kappa shape index (κ1) is 13.9. The molecule has 3 aromatic rings. The topological polar surface area (TPSA) is 67.6 Å². The zero-order valence-corrected chi connectivity index (χ0v) is 12.8. The smallest absolute Gasteiger partial charge is 0.123 e. The predicted molar refractivity (Wildman–Crippen MR) is 90.5 cm³/mol. The van der Waals surface area contributed by atoms with Crippen LogP contribution in [0.25, 0.3) is 22.0 Å². The van der Waals surface area contributed by atoms with Gasteiger partial charge in [0.25, 0.3) is 0 Å². The van der Waals surface area contributed by atoms with Crippen LogP contribution >= 0.6 is 12.6 Å². The largest absolute Gasteiger partial charge is 0.384 e. The summed E-state index contributed by atoms with van der Waals surface area (Å²) in [6.07, 6.45) is 8.21. The highest BCUT2D eigenvalue weighted by molar-refractivity contribution is 7.81. The Bertz CT molecular complexity index is 762. The van der Waals surface area contributed by atoms with Crippen LogP contribution in [-0.4, -0.2) is 20.2 Å². The number of hydrogen-bond acceptors (Lipinski definition) is 4. The highest BCUT2D eigenvalue weighted by Crippen LogP contribution is 2.29. The summed E-state index contributed by atoms with van der Waals surface area (Å²) in [6.45, 7) is 1.99. The Kier molecular flexibility index (Phi) is 3.84. The monoisotopic (exact) mass is 298 g/mol. The molecule has 0 aliphatic heterocycles. The molecule has 4 nitrogen and oxygen atoms in total. The molecule has 21 heavy (non-hydrogen) atoms. The van der Waals surface area contributed by atoms with Gasteiger partial charge >= 0.3 is 0 Å². The quantitative estimate of drug-likeness (QED) is 0.601. The van der Waals surface area contributed by atoms with Crippen molar-refractivity contribution in [3.05, 3.63) is 42.5 Å². The molecule has 0 saturated heterocycles. The maximum Gasteiger partial charge on any atom is 0.123 e. The van der Waals surface area contributed by atoms with Crippen molar-refractivity contribution >= 4 is 29.3 Å². The van der Waals surface area contributed by atoms with Gasteiger partial charge in [-0.25, -0.2) is 4.98 Å². The van der Waals surface area contributed by atoms with Crippen molar-refractivity contribution in [3.63, 3.8) is 0 Å². The minimum atomic E-state index is 0.520. The predicted octanol–water partition coefficient (Wildman–Crippen LogP) is 3.59. The molecule has 1 fully saturated rings. The second-order valence-electron chi connectivity index (χ2n) is 5.22. The van der Waals surface area contributed by atoms with Crippen molar-refractivity contribution in [2.24, 2.45) is 0 Å². The molecule has 3 N–H and O–H groups in total. The van der Waals surface area contributed by atoms with Gasteiger partial charge in [0.2, 0.25) is 0 Å². The maximum atomic E-state index is 5.71. The Hall–Kier alpha value is -2.01. The van der Waals surface area contributed by atoms with Gasteiger partial charge in [-0.05, 0) is 43.5 Å². The molecule has 4 rings (SSSR count). The number of nitrogens with two attached hydrogens (primary N) is 1. The molecule has 3 aromatic heterocycles. The van der Waals surface area contributed by atoms with Crippen LogP contribution in [0.1, 0.15) is 18.5 Å². The summed E-state index contributed by atoms with van der Waals surface area (Å²) < 4.78 is 0. The average molecular weight is 298 g/mol. The molecule has 5 heteroatoms. The molecule has 3 heterocycles. The Labute approximate surface area is 129 Å². The molecule has 0 unspecified atom stereocenters. The van der Waals surface area contributed by atoms with Gasteiger partial charge in [-0.3, -0.25) is 4.98 Å². The Balaban J connectivity index is 0.000000287. The van der Waals surface area contributed by atoms with E-state index in [9.17, 15) is 0 Å². The van der Waals surface area contributed by atoms with E-state index in [0.717, 1.165) is 33.0 Å². The fourth-order valence-electron chi connectivity index (χ4n) is 2.11. The van der Waals surface area contributed by atoms with Crippen LogP contribution < -0.4 is 5.73 Å². The lowest BCUT2D eigenvalue weighted by Crippen LogP contribution is -1.91. The van der Waals surface area contributed by atoms with Gasteiger partial charge < -0.3 is 10.7 Å². The number of hydrogen-bond donors (Lipinski definition) is 3. The number of nitrogens with one attached hydrogen (secondary N) is 1. The van der Waals surface area contributed by atoms with E-state index in [1.807, 2.05) is 31.5 Å². The molecule has 1 saturated carbocycles. The Morgan fingerprint density at radius 3 is 2.71 bits per heavy atom. The summed E-state index contributed by atoms with van der Waals surface area (Å²) in [7, 11) is 0. The first-order valence-electron chi connectivity index (χ1n) is 6.98. The van der Waals surface area contributed by atoms with Crippen LogP contribution in [0.4, 0.5) is 5.82 Å². The van der Waals surface area contributed by atoms with E-state index in [4.69, 9.17) is 5.73 Å². The van der Waals surface area contributed by atoms with E-state index in [-0.39, 0.29) is 0 Å². The highest BCUT2D eigenvalue weighted by atomic mass is 32.1. The number of thiol groups is 1. The van der Waals surface area contributed by atoms with Crippen LogP contribution in [0.15, 0.2) is 36.8 Å². The summed E-state index contributed by atoms with van der Waals surface area (Å²) in [5, 5.41) is 1.93. The summed E-state index contributed by atoms with van der Waals surface area (Å²) in [5.41, 5.74) is 9.88. The molecular weight excluding hydrogens is 280 g/mol. The molecule has 0 bridgehead atoms. The zero-order chi connectivity index (χ0) is 14.8. The van der Waals surface area contributed by atoms with E-state index in [2.05, 4.69) is 33.6 Å². The fraction of sp³-hybridized carbons (Fsp3) is 0.250. The number of aromatic nitrogens is 3. The van der Waals surface area contributed by atoms with E-state index < -0.39 is 0 Å². The molecule has 1 aliphatic rings. The summed E-state index contributed by atoms with van der Waals surface area (Å²) >= 11 is 4.08. The summed E-state index contributed by atoms with van der Waals surface area (Å²) in [4.78, 5) is 11.6. The molecule has 0 atom stereocenters. The van der Waals surface area contributed by atoms with Crippen LogP contribution in [0.3, 0.4) is 0 Å². The third-order valence-corrected chi connectivity index (χ3v) is 3.94. The SMILES string of the molecule is Cc1ncc(-c2ccnc(N)c2)c2cc[nH]c12.SC1CC1. The van der Waals surface area contributed by atoms with Gasteiger partial charge in [0.05, 0.1) is 11.2 Å². The second kappa shape index (κ2) is 5.77. The van der Waals surface area contributed by atoms with Crippen LogP contribution in [0.2, 0.25) is 0 Å². The number of anilines is 1. The maximum absolute atomic E-state index is 5.71. The lowest BCUT2D eigenvalue weighted by atomic mass is 10.0. The lowest BCUT2D eigenvalue weighted by molar-refractivity contribution is 1.22. The van der Waals surface area contributed by atoms with Gasteiger partial charge in [0, 0.05) is 34.8 Å². The van der Waals surface area contributed by atoms with Gasteiger partial charge in [-0.15, -0.1) is 0 Å². The number of aromatic amines is 1. The lowest BCUT2D eigenvalue weighted by Gasteiger charge is -2.05. The van der Waals surface area contributed by atoms with Crippen molar-refractivity contribution in [3.8, 4) is 11.1 Å². The summed E-state index contributed by atoms with van der Waals surface area (Å²) in [6, 6.07) is 5.85. The molecular formula is C16H18N4S. The standard InChI is InChI=1S/C13H12N4.C3H6S/c1-8-13-10(3-5-16-13)11(7-17-8)9-2-4-15-12(14)6-9;4-3-1-2-3/h2-7,16H,1H3,(H2,14,15);3-4H,1-2H2. The highest BCUT2D eigenvalue weighted by Gasteiger charge is 2.14. The number of fused-ring (bicyclic) bond motifs is 1. The van der Waals surface area contributed by atoms with Crippen LogP contribution in [0, 0.1) is 6.92 Å². The number of nitrogens with zero attached hydrogens (tertiary/aromatic N) is 2. The minimum Gasteiger partial charge on any atom is -0.384 e. The van der Waals surface area contributed by atoms with Crippen molar-refractivity contribution < 1.29 is 0 Å². The Morgan fingerprint density at radius 2 is 2.05 bits per heavy atom. The molecule has 0 radical (unpaired) electrons. The second-order valence-corrected chi connectivity index (χ2v) is 5.95. The number of pyridine rings is 2.